The fraction of sp³-hybridized carbons (Fsp3) is 0.867. The Kier molecular flexibility index (Phi) is 3.98. The number of carboxylic acid groups (broad SMARTS) is 1. The second-order valence-electron chi connectivity index (χ2n) is 7.20. The average molecular weight is 283 g/mol. The summed E-state index contributed by atoms with van der Waals surface area (Å²) < 4.78 is 5.41. The molecule has 1 aliphatic carbocycles. The van der Waals surface area contributed by atoms with Crippen molar-refractivity contribution in [3.8, 4) is 0 Å². The van der Waals surface area contributed by atoms with Crippen molar-refractivity contribution in [1.82, 2.24) is 4.90 Å². The summed E-state index contributed by atoms with van der Waals surface area (Å²) in [5, 5.41) is 9.04. The van der Waals surface area contributed by atoms with Crippen LogP contribution in [0.25, 0.3) is 0 Å². The van der Waals surface area contributed by atoms with Gasteiger partial charge in [0.2, 0.25) is 0 Å². The molecular weight excluding hydrogens is 258 g/mol. The van der Waals surface area contributed by atoms with Gasteiger partial charge in [0.15, 0.2) is 0 Å². The van der Waals surface area contributed by atoms with Gasteiger partial charge >= 0.3 is 12.1 Å². The zero-order chi connectivity index (χ0) is 15.0. The number of piperidine rings is 1. The Morgan fingerprint density at radius 2 is 2.00 bits per heavy atom. The number of hydrogen-bond acceptors (Lipinski definition) is 3. The van der Waals surface area contributed by atoms with E-state index >= 15 is 0 Å². The number of ether oxygens (including phenoxy) is 1. The van der Waals surface area contributed by atoms with Crippen LogP contribution < -0.4 is 0 Å². The zero-order valence-corrected chi connectivity index (χ0v) is 12.6. The van der Waals surface area contributed by atoms with Gasteiger partial charge < -0.3 is 14.7 Å². The van der Waals surface area contributed by atoms with Gasteiger partial charge in [0.25, 0.3) is 0 Å². The third-order valence-corrected chi connectivity index (χ3v) is 4.33. The van der Waals surface area contributed by atoms with E-state index in [0.717, 1.165) is 25.7 Å². The molecule has 2 aliphatic rings. The number of carboxylic acids is 1. The molecule has 1 atom stereocenters. The number of carbonyl (C=O) groups excluding carboxylic acids is 1. The molecule has 1 unspecified atom stereocenters. The Balaban J connectivity index is 1.95. The molecule has 0 radical (unpaired) electrons. The van der Waals surface area contributed by atoms with Crippen molar-refractivity contribution in [1.29, 1.82) is 0 Å². The van der Waals surface area contributed by atoms with Gasteiger partial charge in [-0.3, -0.25) is 4.79 Å². The predicted molar refractivity (Wildman–Crippen MR) is 74.5 cm³/mol. The van der Waals surface area contributed by atoms with E-state index in [1.54, 1.807) is 4.90 Å². The number of likely N-dealkylation sites (tertiary alicyclic amines) is 1. The lowest BCUT2D eigenvalue weighted by Crippen LogP contribution is -2.45. The highest BCUT2D eigenvalue weighted by Crippen LogP contribution is 2.57. The van der Waals surface area contributed by atoms with Crippen LogP contribution in [-0.2, 0) is 9.53 Å². The Labute approximate surface area is 120 Å². The molecule has 0 spiro atoms. The Bertz CT molecular complexity index is 395. The van der Waals surface area contributed by atoms with E-state index in [0.29, 0.717) is 19.0 Å². The number of carbonyl (C=O) groups is 2. The number of rotatable bonds is 3. The molecule has 1 heterocycles. The van der Waals surface area contributed by atoms with Gasteiger partial charge in [0, 0.05) is 13.1 Å². The van der Waals surface area contributed by atoms with Crippen LogP contribution in [0.4, 0.5) is 4.79 Å². The molecule has 5 heteroatoms. The lowest BCUT2D eigenvalue weighted by molar-refractivity contribution is -0.139. The molecular formula is C15H25NO4. The van der Waals surface area contributed by atoms with E-state index < -0.39 is 11.6 Å². The Hall–Kier alpha value is -1.26. The third kappa shape index (κ3) is 3.64. The van der Waals surface area contributed by atoms with Gasteiger partial charge in [-0.2, -0.15) is 0 Å². The Morgan fingerprint density at radius 3 is 2.50 bits per heavy atom. The standard InChI is InChI=1S/C15H25NO4/c1-14(2,3)20-13(19)16-8-4-5-11(10-16)15(6-7-15)9-12(17)18/h11H,4-10H2,1-3H3,(H,17,18). The Morgan fingerprint density at radius 1 is 1.35 bits per heavy atom. The highest BCUT2D eigenvalue weighted by Gasteiger charge is 2.51. The quantitative estimate of drug-likeness (QED) is 0.864. The molecule has 2 fully saturated rings. The number of hydrogen-bond donors (Lipinski definition) is 1. The average Bonchev–Trinajstić information content (AvgIpc) is 3.07. The molecule has 2 rings (SSSR count). The van der Waals surface area contributed by atoms with Crippen molar-refractivity contribution >= 4 is 12.1 Å². The van der Waals surface area contributed by atoms with E-state index in [4.69, 9.17) is 9.84 Å². The first-order valence-corrected chi connectivity index (χ1v) is 7.42. The van der Waals surface area contributed by atoms with E-state index in [9.17, 15) is 9.59 Å². The summed E-state index contributed by atoms with van der Waals surface area (Å²) in [7, 11) is 0. The van der Waals surface area contributed by atoms with Crippen LogP contribution >= 0.6 is 0 Å². The predicted octanol–water partition coefficient (Wildman–Crippen LogP) is 2.89. The number of amides is 1. The van der Waals surface area contributed by atoms with Gasteiger partial charge in [-0.1, -0.05) is 0 Å². The summed E-state index contributed by atoms with van der Waals surface area (Å²) in [6, 6.07) is 0. The molecule has 20 heavy (non-hydrogen) atoms. The first kappa shape index (κ1) is 15.1. The van der Waals surface area contributed by atoms with Gasteiger partial charge in [-0.15, -0.1) is 0 Å². The summed E-state index contributed by atoms with van der Waals surface area (Å²) in [6.45, 7) is 6.94. The van der Waals surface area contributed by atoms with E-state index in [2.05, 4.69) is 0 Å². The first-order valence-electron chi connectivity index (χ1n) is 7.42. The summed E-state index contributed by atoms with van der Waals surface area (Å²) in [5.74, 6) is -0.420. The third-order valence-electron chi connectivity index (χ3n) is 4.33. The normalized spacial score (nSPS) is 25.1. The topological polar surface area (TPSA) is 66.8 Å². The highest BCUT2D eigenvalue weighted by atomic mass is 16.6. The van der Waals surface area contributed by atoms with Gasteiger partial charge in [-0.25, -0.2) is 4.79 Å². The summed E-state index contributed by atoms with van der Waals surface area (Å²) >= 11 is 0. The maximum Gasteiger partial charge on any atom is 0.410 e. The molecule has 0 aromatic rings. The van der Waals surface area contributed by atoms with Crippen molar-refractivity contribution < 1.29 is 19.4 Å². The van der Waals surface area contributed by atoms with Crippen molar-refractivity contribution in [2.24, 2.45) is 11.3 Å². The molecule has 114 valence electrons. The summed E-state index contributed by atoms with van der Waals surface area (Å²) in [6.07, 6.45) is 3.88. The highest BCUT2D eigenvalue weighted by molar-refractivity contribution is 5.69. The molecule has 1 saturated heterocycles. The number of nitrogens with zero attached hydrogens (tertiary/aromatic N) is 1. The van der Waals surface area contributed by atoms with Gasteiger partial charge in [-0.05, 0) is 57.8 Å². The second-order valence-corrected chi connectivity index (χ2v) is 7.20. The lowest BCUT2D eigenvalue weighted by atomic mass is 9.80. The van der Waals surface area contributed by atoms with Gasteiger partial charge in [0.05, 0.1) is 6.42 Å². The van der Waals surface area contributed by atoms with Crippen LogP contribution in [0, 0.1) is 11.3 Å². The van der Waals surface area contributed by atoms with Crippen LogP contribution in [0.5, 0.6) is 0 Å². The van der Waals surface area contributed by atoms with Crippen LogP contribution in [0.1, 0.15) is 52.9 Å². The maximum absolute atomic E-state index is 12.1. The minimum atomic E-state index is -0.725. The molecule has 0 bridgehead atoms. The van der Waals surface area contributed by atoms with Crippen LogP contribution in [0.3, 0.4) is 0 Å². The fourth-order valence-electron chi connectivity index (χ4n) is 3.16. The van der Waals surface area contributed by atoms with Crippen molar-refractivity contribution in [2.75, 3.05) is 13.1 Å². The zero-order valence-electron chi connectivity index (χ0n) is 12.6. The van der Waals surface area contributed by atoms with Crippen LogP contribution in [0.2, 0.25) is 0 Å². The summed E-state index contributed by atoms with van der Waals surface area (Å²) in [5.41, 5.74) is -0.547. The smallest absolute Gasteiger partial charge is 0.410 e. The van der Waals surface area contributed by atoms with Gasteiger partial charge in [0.1, 0.15) is 5.60 Å². The van der Waals surface area contributed by atoms with Crippen molar-refractivity contribution in [2.45, 2.75) is 58.5 Å². The molecule has 5 nitrogen and oxygen atoms in total. The number of aliphatic carboxylic acids is 1. The molecule has 1 saturated carbocycles. The van der Waals surface area contributed by atoms with Crippen LogP contribution in [0.15, 0.2) is 0 Å². The molecule has 0 aromatic heterocycles. The van der Waals surface area contributed by atoms with E-state index in [1.165, 1.54) is 0 Å². The van der Waals surface area contributed by atoms with E-state index in [1.807, 2.05) is 20.8 Å². The summed E-state index contributed by atoms with van der Waals surface area (Å²) in [4.78, 5) is 24.9. The SMILES string of the molecule is CC(C)(C)OC(=O)N1CCCC(C2(CC(=O)O)CC2)C1. The maximum atomic E-state index is 12.1. The largest absolute Gasteiger partial charge is 0.481 e. The first-order chi connectivity index (χ1) is 9.22. The van der Waals surface area contributed by atoms with Crippen molar-refractivity contribution in [3.63, 3.8) is 0 Å². The monoisotopic (exact) mass is 283 g/mol. The molecule has 1 amide bonds. The minimum Gasteiger partial charge on any atom is -0.481 e. The van der Waals surface area contributed by atoms with Crippen LogP contribution in [-0.4, -0.2) is 40.8 Å². The van der Waals surface area contributed by atoms with Crippen molar-refractivity contribution in [3.05, 3.63) is 0 Å². The lowest BCUT2D eigenvalue weighted by Gasteiger charge is -2.37. The molecule has 1 N–H and O–H groups in total. The molecule has 0 aromatic carbocycles. The fourth-order valence-corrected chi connectivity index (χ4v) is 3.16. The second kappa shape index (κ2) is 5.26. The minimum absolute atomic E-state index is 0.0630. The molecule has 1 aliphatic heterocycles. The van der Waals surface area contributed by atoms with E-state index in [-0.39, 0.29) is 17.9 Å².